The Bertz CT molecular complexity index is 1710. The van der Waals surface area contributed by atoms with Crippen molar-refractivity contribution in [2.75, 3.05) is 37.5 Å². The van der Waals surface area contributed by atoms with Gasteiger partial charge in [-0.1, -0.05) is 44.2 Å². The third kappa shape index (κ3) is 8.21. The smallest absolute Gasteiger partial charge is 0.264 e. The highest BCUT2D eigenvalue weighted by Gasteiger charge is 2.45. The van der Waals surface area contributed by atoms with Crippen LogP contribution in [0, 0.1) is 0 Å². The summed E-state index contributed by atoms with van der Waals surface area (Å²) in [5, 5.41) is 17.8. The number of aliphatic hydroxyl groups excluding tert-OH is 1. The van der Waals surface area contributed by atoms with E-state index in [1.54, 1.807) is 12.1 Å². The monoisotopic (exact) mass is 690 g/mol. The van der Waals surface area contributed by atoms with Crippen LogP contribution in [0.4, 0.5) is 5.69 Å². The van der Waals surface area contributed by atoms with E-state index in [1.165, 1.54) is 6.07 Å². The molecule has 13 heteroatoms. The average molecular weight is 691 g/mol. The molecule has 2 heterocycles. The lowest BCUT2D eigenvalue weighted by atomic mass is 9.78. The number of fused-ring (bicyclic) bond motifs is 1. The summed E-state index contributed by atoms with van der Waals surface area (Å²) in [5.41, 5.74) is 2.66. The fourth-order valence-corrected chi connectivity index (χ4v) is 5.83. The number of halogens is 1. The van der Waals surface area contributed by atoms with E-state index >= 15 is 0 Å². The van der Waals surface area contributed by atoms with Crippen molar-refractivity contribution >= 4 is 46.8 Å². The van der Waals surface area contributed by atoms with Crippen molar-refractivity contribution in [3.63, 3.8) is 0 Å². The standard InChI is InChI=1S/C36H39ClN4O8/c1-36(2,22-7-11-25(12-8-22)48-20-24(42)19-37)23-9-13-26(14-10-23)49-21-31(44)39-18-4-17-38-28-6-3-5-27-32(28)35(47)41(34(27)46)29-15-16-30(43)40-33(29)45/h3,5-14,24,29,38,42H,4,15-21H2,1-2H3,(H,39,44)(H,40,43,45). The number of imide groups is 2. The molecule has 2 aliphatic rings. The van der Waals surface area contributed by atoms with Crippen molar-refractivity contribution in [1.82, 2.24) is 15.5 Å². The van der Waals surface area contributed by atoms with E-state index in [1.807, 2.05) is 48.5 Å². The van der Waals surface area contributed by atoms with Gasteiger partial charge >= 0.3 is 0 Å². The van der Waals surface area contributed by atoms with E-state index in [0.29, 0.717) is 36.7 Å². The molecule has 3 aromatic carbocycles. The maximum absolute atomic E-state index is 13.2. The lowest BCUT2D eigenvalue weighted by Crippen LogP contribution is -2.54. The predicted molar refractivity (Wildman–Crippen MR) is 182 cm³/mol. The van der Waals surface area contributed by atoms with E-state index in [4.69, 9.17) is 21.1 Å². The Morgan fingerprint density at radius 3 is 2.24 bits per heavy atom. The fraction of sp³-hybridized carbons (Fsp3) is 0.361. The summed E-state index contributed by atoms with van der Waals surface area (Å²) in [4.78, 5) is 63.5. The maximum atomic E-state index is 13.2. The Labute approximate surface area is 289 Å². The Hall–Kier alpha value is -4.94. The second-order valence-electron chi connectivity index (χ2n) is 12.4. The van der Waals surface area contributed by atoms with Gasteiger partial charge in [-0.25, -0.2) is 0 Å². The highest BCUT2D eigenvalue weighted by molar-refractivity contribution is 6.25. The van der Waals surface area contributed by atoms with Crippen molar-refractivity contribution in [3.05, 3.63) is 89.0 Å². The number of anilines is 1. The lowest BCUT2D eigenvalue weighted by molar-refractivity contribution is -0.136. The van der Waals surface area contributed by atoms with E-state index in [0.717, 1.165) is 16.0 Å². The molecule has 3 aromatic rings. The predicted octanol–water partition coefficient (Wildman–Crippen LogP) is 3.39. The molecule has 5 amide bonds. The van der Waals surface area contributed by atoms with Gasteiger partial charge in [-0.15, -0.1) is 11.6 Å². The molecule has 0 aliphatic carbocycles. The number of rotatable bonds is 15. The number of carbonyl (C=O) groups is 5. The quantitative estimate of drug-likeness (QED) is 0.106. The van der Waals surface area contributed by atoms with Crippen LogP contribution in [-0.2, 0) is 19.8 Å². The van der Waals surface area contributed by atoms with Gasteiger partial charge in [0, 0.05) is 30.6 Å². The lowest BCUT2D eigenvalue weighted by Gasteiger charge is -2.27. The maximum Gasteiger partial charge on any atom is 0.264 e. The van der Waals surface area contributed by atoms with Crippen LogP contribution in [0.5, 0.6) is 11.5 Å². The molecule has 0 spiro atoms. The number of nitrogens with one attached hydrogen (secondary N) is 3. The molecular weight excluding hydrogens is 652 g/mol. The summed E-state index contributed by atoms with van der Waals surface area (Å²) in [7, 11) is 0. The van der Waals surface area contributed by atoms with Gasteiger partial charge in [-0.3, -0.25) is 34.2 Å². The average Bonchev–Trinajstić information content (AvgIpc) is 3.35. The number of aliphatic hydroxyl groups is 1. The van der Waals surface area contributed by atoms with Crippen molar-refractivity contribution < 1.29 is 38.6 Å². The third-order valence-corrected chi connectivity index (χ3v) is 8.96. The van der Waals surface area contributed by atoms with Crippen molar-refractivity contribution in [3.8, 4) is 11.5 Å². The molecule has 5 rings (SSSR count). The van der Waals surface area contributed by atoms with Gasteiger partial charge < -0.3 is 25.2 Å². The van der Waals surface area contributed by atoms with Gasteiger partial charge in [0.05, 0.1) is 17.0 Å². The van der Waals surface area contributed by atoms with Crippen LogP contribution in [0.2, 0.25) is 0 Å². The van der Waals surface area contributed by atoms with Crippen LogP contribution in [0.15, 0.2) is 66.7 Å². The van der Waals surface area contributed by atoms with Crippen LogP contribution in [0.3, 0.4) is 0 Å². The molecule has 0 radical (unpaired) electrons. The SMILES string of the molecule is CC(C)(c1ccc(OCC(=O)NCCCNc2cccc3c2C(=O)N(C2CCC(=O)NC2=O)C3=O)cc1)c1ccc(OCC(O)CCl)cc1. The number of benzene rings is 3. The van der Waals surface area contributed by atoms with Gasteiger partial charge in [0.2, 0.25) is 11.8 Å². The normalized spacial score (nSPS) is 16.6. The molecule has 2 aliphatic heterocycles. The van der Waals surface area contributed by atoms with Crippen molar-refractivity contribution in [1.29, 1.82) is 0 Å². The summed E-state index contributed by atoms with van der Waals surface area (Å²) in [6.07, 6.45) is -0.0580. The largest absolute Gasteiger partial charge is 0.491 e. The minimum atomic E-state index is -1.03. The first-order chi connectivity index (χ1) is 23.5. The Kier molecular flexibility index (Phi) is 11.2. The Morgan fingerprint density at radius 1 is 0.959 bits per heavy atom. The Balaban J connectivity index is 1.05. The first kappa shape index (κ1) is 35.4. The van der Waals surface area contributed by atoms with Crippen LogP contribution in [0.25, 0.3) is 0 Å². The number of alkyl halides is 1. The summed E-state index contributed by atoms with van der Waals surface area (Å²) in [6, 6.07) is 19.1. The number of ether oxygens (including phenoxy) is 2. The second kappa shape index (κ2) is 15.5. The highest BCUT2D eigenvalue weighted by atomic mass is 35.5. The van der Waals surface area contributed by atoms with Crippen LogP contribution in [0.1, 0.15) is 65.0 Å². The second-order valence-corrected chi connectivity index (χ2v) is 12.7. The molecular formula is C36H39ClN4O8. The van der Waals surface area contributed by atoms with Gasteiger partial charge in [0.1, 0.15) is 30.3 Å². The van der Waals surface area contributed by atoms with E-state index in [9.17, 15) is 29.1 Å². The molecule has 12 nitrogen and oxygen atoms in total. The number of amides is 5. The number of hydrogen-bond acceptors (Lipinski definition) is 9. The molecule has 0 aromatic heterocycles. The molecule has 2 atom stereocenters. The minimum absolute atomic E-state index is 0.0493. The van der Waals surface area contributed by atoms with Gasteiger partial charge in [-0.2, -0.15) is 0 Å². The summed E-state index contributed by atoms with van der Waals surface area (Å²) < 4.78 is 11.3. The highest BCUT2D eigenvalue weighted by Crippen LogP contribution is 2.34. The van der Waals surface area contributed by atoms with Gasteiger partial charge in [-0.05, 0) is 60.4 Å². The van der Waals surface area contributed by atoms with Crippen molar-refractivity contribution in [2.45, 2.75) is 50.7 Å². The zero-order valence-electron chi connectivity index (χ0n) is 27.3. The fourth-order valence-electron chi connectivity index (χ4n) is 5.74. The third-order valence-electron chi connectivity index (χ3n) is 8.60. The molecule has 49 heavy (non-hydrogen) atoms. The van der Waals surface area contributed by atoms with Crippen LogP contribution in [-0.4, -0.2) is 83.9 Å². The zero-order valence-corrected chi connectivity index (χ0v) is 28.0. The van der Waals surface area contributed by atoms with Crippen LogP contribution < -0.4 is 25.4 Å². The van der Waals surface area contributed by atoms with Gasteiger partial charge in [0.15, 0.2) is 6.61 Å². The molecule has 1 saturated heterocycles. The first-order valence-electron chi connectivity index (χ1n) is 16.1. The minimum Gasteiger partial charge on any atom is -0.491 e. The van der Waals surface area contributed by atoms with Crippen LogP contribution >= 0.6 is 11.6 Å². The van der Waals surface area contributed by atoms with Crippen molar-refractivity contribution in [2.24, 2.45) is 0 Å². The van der Waals surface area contributed by atoms with E-state index in [-0.39, 0.29) is 54.4 Å². The molecule has 0 bridgehead atoms. The number of piperidine rings is 1. The molecule has 0 saturated carbocycles. The summed E-state index contributed by atoms with van der Waals surface area (Å²) in [5.74, 6) is -1.21. The first-order valence-corrected chi connectivity index (χ1v) is 16.6. The number of nitrogens with zero attached hydrogens (tertiary/aromatic N) is 1. The zero-order chi connectivity index (χ0) is 35.1. The number of carbonyl (C=O) groups excluding carboxylic acids is 5. The summed E-state index contributed by atoms with van der Waals surface area (Å²) >= 11 is 5.62. The molecule has 258 valence electrons. The molecule has 2 unspecified atom stereocenters. The number of hydrogen-bond donors (Lipinski definition) is 4. The van der Waals surface area contributed by atoms with E-state index < -0.39 is 35.8 Å². The Morgan fingerprint density at radius 2 is 1.61 bits per heavy atom. The molecule has 4 N–H and O–H groups in total. The summed E-state index contributed by atoms with van der Waals surface area (Å²) in [6.45, 7) is 4.94. The topological polar surface area (TPSA) is 163 Å². The molecule has 1 fully saturated rings. The van der Waals surface area contributed by atoms with Gasteiger partial charge in [0.25, 0.3) is 17.7 Å². The van der Waals surface area contributed by atoms with E-state index in [2.05, 4.69) is 29.8 Å².